The molecule has 4 rings (SSSR count). The summed E-state index contributed by atoms with van der Waals surface area (Å²) in [5, 5.41) is 9.76. The first-order valence-electron chi connectivity index (χ1n) is 8.32. The van der Waals surface area contributed by atoms with Crippen LogP contribution in [-0.4, -0.2) is 23.9 Å². The van der Waals surface area contributed by atoms with E-state index in [-0.39, 0.29) is 11.9 Å². The fourth-order valence-corrected chi connectivity index (χ4v) is 3.92. The molecule has 0 aliphatic carbocycles. The fourth-order valence-electron chi connectivity index (χ4n) is 3.59. The summed E-state index contributed by atoms with van der Waals surface area (Å²) >= 11 is 5.33. The van der Waals surface area contributed by atoms with Crippen molar-refractivity contribution in [2.45, 2.75) is 18.7 Å². The van der Waals surface area contributed by atoms with Crippen molar-refractivity contribution in [1.29, 1.82) is 0 Å². The highest BCUT2D eigenvalue weighted by Crippen LogP contribution is 2.46. The maximum Gasteiger partial charge on any atom is 0.236 e. The van der Waals surface area contributed by atoms with Gasteiger partial charge in [0.25, 0.3) is 0 Å². The summed E-state index contributed by atoms with van der Waals surface area (Å²) in [6, 6.07) is 14.6. The minimum absolute atomic E-state index is 0.153. The van der Waals surface area contributed by atoms with Crippen molar-refractivity contribution >= 4 is 28.9 Å². The highest BCUT2D eigenvalue weighted by molar-refractivity contribution is 7.80. The summed E-state index contributed by atoms with van der Waals surface area (Å²) in [6.07, 6.45) is 0. The Kier molecular flexibility index (Phi) is 3.96. The predicted molar refractivity (Wildman–Crippen MR) is 102 cm³/mol. The summed E-state index contributed by atoms with van der Waals surface area (Å²) < 4.78 is 11.5. The van der Waals surface area contributed by atoms with Gasteiger partial charge in [0.05, 0.1) is 13.2 Å². The third kappa shape index (κ3) is 2.74. The molecule has 1 fully saturated rings. The molecule has 134 valence electrons. The standard InChI is InChI=1S/C19H19N3O3S/c1-19-15(17(23)20-11-6-4-3-5-7-11)16(21-18(26)22-19)13-10-12(24-2)8-9-14(13)25-19/h3-10,15-16H,1-2H3,(H,20,23)(H2,21,22,26)/t15?,16?,19-/m1/s1. The predicted octanol–water partition coefficient (Wildman–Crippen LogP) is 2.58. The third-order valence-corrected chi connectivity index (χ3v) is 4.99. The molecule has 0 radical (unpaired) electrons. The lowest BCUT2D eigenvalue weighted by molar-refractivity contribution is -0.132. The van der Waals surface area contributed by atoms with Gasteiger partial charge in [-0.05, 0) is 49.5 Å². The van der Waals surface area contributed by atoms with E-state index in [0.717, 1.165) is 11.3 Å². The molecule has 2 aliphatic heterocycles. The molecule has 1 amide bonds. The number of fused-ring (bicyclic) bond motifs is 4. The maximum absolute atomic E-state index is 13.1. The number of thiocarbonyl (C=S) groups is 1. The van der Waals surface area contributed by atoms with Gasteiger partial charge in [-0.25, -0.2) is 0 Å². The zero-order valence-electron chi connectivity index (χ0n) is 14.4. The number of para-hydroxylation sites is 1. The van der Waals surface area contributed by atoms with Crippen LogP contribution in [0.2, 0.25) is 0 Å². The second-order valence-electron chi connectivity index (χ2n) is 6.52. The maximum atomic E-state index is 13.1. The Balaban J connectivity index is 1.74. The number of amides is 1. The summed E-state index contributed by atoms with van der Waals surface area (Å²) in [5.41, 5.74) is 0.630. The first kappa shape index (κ1) is 16.7. The molecule has 6 nitrogen and oxygen atoms in total. The van der Waals surface area contributed by atoms with Gasteiger partial charge in [-0.3, -0.25) is 4.79 Å². The normalized spacial score (nSPS) is 25.8. The summed E-state index contributed by atoms with van der Waals surface area (Å²) in [5.74, 6) is 0.711. The van der Waals surface area contributed by atoms with Crippen molar-refractivity contribution in [2.75, 3.05) is 12.4 Å². The van der Waals surface area contributed by atoms with E-state index in [4.69, 9.17) is 21.7 Å². The van der Waals surface area contributed by atoms with Crippen LogP contribution in [0.1, 0.15) is 18.5 Å². The van der Waals surface area contributed by atoms with Crippen molar-refractivity contribution in [3.63, 3.8) is 0 Å². The van der Waals surface area contributed by atoms with Crippen LogP contribution < -0.4 is 25.4 Å². The molecule has 2 bridgehead atoms. The highest BCUT2D eigenvalue weighted by Gasteiger charge is 2.54. The summed E-state index contributed by atoms with van der Waals surface area (Å²) in [7, 11) is 1.61. The van der Waals surface area contributed by atoms with Gasteiger partial charge in [0.15, 0.2) is 10.8 Å². The number of carbonyl (C=O) groups excluding carboxylic acids is 1. The molecule has 26 heavy (non-hydrogen) atoms. The molecular formula is C19H19N3O3S. The number of benzene rings is 2. The molecule has 2 heterocycles. The van der Waals surface area contributed by atoms with Gasteiger partial charge < -0.3 is 25.4 Å². The molecule has 2 unspecified atom stereocenters. The van der Waals surface area contributed by atoms with E-state index in [2.05, 4.69) is 16.0 Å². The zero-order valence-corrected chi connectivity index (χ0v) is 15.2. The van der Waals surface area contributed by atoms with E-state index in [1.165, 1.54) is 0 Å². The highest BCUT2D eigenvalue weighted by atomic mass is 32.1. The van der Waals surface area contributed by atoms with Crippen LogP contribution in [0, 0.1) is 5.92 Å². The van der Waals surface area contributed by atoms with Gasteiger partial charge in [0, 0.05) is 11.3 Å². The van der Waals surface area contributed by atoms with Gasteiger partial charge in [-0.1, -0.05) is 18.2 Å². The average molecular weight is 369 g/mol. The van der Waals surface area contributed by atoms with Crippen LogP contribution >= 0.6 is 12.2 Å². The van der Waals surface area contributed by atoms with Crippen LogP contribution in [-0.2, 0) is 4.79 Å². The van der Waals surface area contributed by atoms with E-state index in [1.54, 1.807) is 7.11 Å². The van der Waals surface area contributed by atoms with Crippen LogP contribution in [0.3, 0.4) is 0 Å². The van der Waals surface area contributed by atoms with E-state index < -0.39 is 11.6 Å². The van der Waals surface area contributed by atoms with E-state index in [0.29, 0.717) is 16.6 Å². The van der Waals surface area contributed by atoms with E-state index in [9.17, 15) is 4.79 Å². The number of carbonyl (C=O) groups is 1. The van der Waals surface area contributed by atoms with Crippen molar-refractivity contribution in [1.82, 2.24) is 10.6 Å². The summed E-state index contributed by atoms with van der Waals surface area (Å²) in [6.45, 7) is 1.84. The van der Waals surface area contributed by atoms with Crippen molar-refractivity contribution in [2.24, 2.45) is 5.92 Å². The van der Waals surface area contributed by atoms with E-state index in [1.807, 2.05) is 55.5 Å². The van der Waals surface area contributed by atoms with Gasteiger partial charge in [-0.15, -0.1) is 0 Å². The molecule has 3 N–H and O–H groups in total. The number of hydrogen-bond donors (Lipinski definition) is 3. The van der Waals surface area contributed by atoms with Crippen LogP contribution in [0.5, 0.6) is 11.5 Å². The summed E-state index contributed by atoms with van der Waals surface area (Å²) in [4.78, 5) is 13.1. The Labute approximate surface area is 156 Å². The number of ether oxygens (including phenoxy) is 2. The molecule has 0 aromatic heterocycles. The molecule has 2 aromatic rings. The smallest absolute Gasteiger partial charge is 0.236 e. The molecule has 2 aromatic carbocycles. The number of rotatable bonds is 3. The Bertz CT molecular complexity index is 874. The van der Waals surface area contributed by atoms with Gasteiger partial charge in [0.1, 0.15) is 17.4 Å². The lowest BCUT2D eigenvalue weighted by Crippen LogP contribution is -2.70. The number of nitrogens with one attached hydrogen (secondary N) is 3. The second kappa shape index (κ2) is 6.17. The lowest BCUT2D eigenvalue weighted by Gasteiger charge is -2.50. The molecular weight excluding hydrogens is 350 g/mol. The lowest BCUT2D eigenvalue weighted by atomic mass is 9.80. The van der Waals surface area contributed by atoms with E-state index >= 15 is 0 Å². The Morgan fingerprint density at radius 3 is 2.77 bits per heavy atom. The Morgan fingerprint density at radius 1 is 1.27 bits per heavy atom. The van der Waals surface area contributed by atoms with Gasteiger partial charge in [0.2, 0.25) is 5.91 Å². The van der Waals surface area contributed by atoms with Crippen molar-refractivity contribution in [3.8, 4) is 11.5 Å². The van der Waals surface area contributed by atoms with Gasteiger partial charge in [-0.2, -0.15) is 0 Å². The molecule has 3 atom stereocenters. The molecule has 1 saturated heterocycles. The quantitative estimate of drug-likeness (QED) is 0.723. The topological polar surface area (TPSA) is 71.6 Å². The number of hydrogen-bond acceptors (Lipinski definition) is 4. The first-order valence-corrected chi connectivity index (χ1v) is 8.72. The first-order chi connectivity index (χ1) is 12.5. The average Bonchev–Trinajstić information content (AvgIpc) is 2.61. The molecule has 0 saturated carbocycles. The zero-order chi connectivity index (χ0) is 18.3. The Hall–Kier alpha value is -2.80. The number of methoxy groups -OCH3 is 1. The number of anilines is 1. The largest absolute Gasteiger partial charge is 0.497 e. The molecule has 7 heteroatoms. The van der Waals surface area contributed by atoms with Crippen LogP contribution in [0.4, 0.5) is 5.69 Å². The SMILES string of the molecule is COc1ccc2c(c1)C1NC(=S)N[C@](C)(O2)C1C(=O)Nc1ccccc1. The van der Waals surface area contributed by atoms with Gasteiger partial charge >= 0.3 is 0 Å². The molecule has 0 spiro atoms. The third-order valence-electron chi connectivity index (χ3n) is 4.77. The Morgan fingerprint density at radius 2 is 2.04 bits per heavy atom. The van der Waals surface area contributed by atoms with Crippen molar-refractivity contribution < 1.29 is 14.3 Å². The molecule has 2 aliphatic rings. The second-order valence-corrected chi connectivity index (χ2v) is 6.93. The minimum atomic E-state index is -0.951. The van der Waals surface area contributed by atoms with Crippen molar-refractivity contribution in [3.05, 3.63) is 54.1 Å². The minimum Gasteiger partial charge on any atom is -0.497 e. The monoisotopic (exact) mass is 369 g/mol. The van der Waals surface area contributed by atoms with Crippen LogP contribution in [0.15, 0.2) is 48.5 Å². The van der Waals surface area contributed by atoms with Crippen LogP contribution in [0.25, 0.3) is 0 Å². The fraction of sp³-hybridized carbons (Fsp3) is 0.263.